The number of carboxylic acids is 1. The minimum absolute atomic E-state index is 0.195. The number of benzene rings is 1. The first-order chi connectivity index (χ1) is 9.54. The second-order valence-corrected chi connectivity index (χ2v) is 4.70. The van der Waals surface area contributed by atoms with Crippen molar-refractivity contribution in [2.75, 3.05) is 13.7 Å². The minimum Gasteiger partial charge on any atom is -0.480 e. The van der Waals surface area contributed by atoms with Gasteiger partial charge >= 0.3 is 5.97 Å². The Bertz CT molecular complexity index is 459. The van der Waals surface area contributed by atoms with E-state index in [0.717, 1.165) is 11.1 Å². The topological polar surface area (TPSA) is 75.6 Å². The van der Waals surface area contributed by atoms with Crippen molar-refractivity contribution in [3.05, 3.63) is 35.4 Å². The molecule has 0 spiro atoms. The number of aliphatic carboxylic acids is 1. The van der Waals surface area contributed by atoms with E-state index in [2.05, 4.69) is 5.32 Å². The molecule has 1 amide bonds. The van der Waals surface area contributed by atoms with E-state index in [1.54, 1.807) is 7.11 Å². The van der Waals surface area contributed by atoms with E-state index in [-0.39, 0.29) is 12.3 Å². The highest BCUT2D eigenvalue weighted by Gasteiger charge is 2.19. The number of amides is 1. The quantitative estimate of drug-likeness (QED) is 0.708. The Morgan fingerprint density at radius 2 is 2.05 bits per heavy atom. The largest absolute Gasteiger partial charge is 0.480 e. The molecule has 1 aromatic rings. The Balaban J connectivity index is 2.54. The van der Waals surface area contributed by atoms with Crippen LogP contribution >= 0.6 is 0 Å². The summed E-state index contributed by atoms with van der Waals surface area (Å²) >= 11 is 0. The first-order valence-corrected chi connectivity index (χ1v) is 6.60. The highest BCUT2D eigenvalue weighted by Crippen LogP contribution is 2.08. The Morgan fingerprint density at radius 1 is 1.35 bits per heavy atom. The zero-order valence-corrected chi connectivity index (χ0v) is 11.9. The molecule has 0 fully saturated rings. The predicted molar refractivity (Wildman–Crippen MR) is 75.6 cm³/mol. The van der Waals surface area contributed by atoms with Gasteiger partial charge in [0, 0.05) is 13.7 Å². The molecule has 5 nitrogen and oxygen atoms in total. The van der Waals surface area contributed by atoms with Gasteiger partial charge in [-0.1, -0.05) is 24.3 Å². The molecule has 0 radical (unpaired) electrons. The molecular formula is C15H21NO4. The standard InChI is InChI=1S/C15H21NO4/c1-11-6-3-4-7-12(11)10-14(17)16-13(15(18)19)8-5-9-20-2/h3-4,6-7,13H,5,8-10H2,1-2H3,(H,16,17)(H,18,19). The van der Waals surface area contributed by atoms with E-state index in [1.807, 2.05) is 31.2 Å². The fourth-order valence-electron chi connectivity index (χ4n) is 1.92. The molecule has 1 unspecified atom stereocenters. The summed E-state index contributed by atoms with van der Waals surface area (Å²) < 4.78 is 4.88. The normalized spacial score (nSPS) is 11.9. The maximum absolute atomic E-state index is 11.9. The number of carbonyl (C=O) groups is 2. The number of nitrogens with one attached hydrogen (secondary N) is 1. The number of carboxylic acid groups (broad SMARTS) is 1. The number of carbonyl (C=O) groups excluding carboxylic acids is 1. The van der Waals surface area contributed by atoms with Crippen LogP contribution in [0.25, 0.3) is 0 Å². The maximum Gasteiger partial charge on any atom is 0.326 e. The maximum atomic E-state index is 11.9. The van der Waals surface area contributed by atoms with Crippen LogP contribution in [0.3, 0.4) is 0 Å². The third-order valence-electron chi connectivity index (χ3n) is 3.09. The molecule has 0 saturated carbocycles. The Hall–Kier alpha value is -1.88. The van der Waals surface area contributed by atoms with E-state index < -0.39 is 12.0 Å². The van der Waals surface area contributed by atoms with Crippen LogP contribution in [0.2, 0.25) is 0 Å². The zero-order chi connectivity index (χ0) is 15.0. The molecule has 0 aromatic heterocycles. The van der Waals surface area contributed by atoms with Gasteiger partial charge in [0.1, 0.15) is 6.04 Å². The van der Waals surface area contributed by atoms with Crippen molar-refractivity contribution >= 4 is 11.9 Å². The van der Waals surface area contributed by atoms with Gasteiger partial charge in [-0.25, -0.2) is 4.79 Å². The van der Waals surface area contributed by atoms with Gasteiger partial charge < -0.3 is 15.2 Å². The van der Waals surface area contributed by atoms with Crippen molar-refractivity contribution in [1.82, 2.24) is 5.32 Å². The first kappa shape index (κ1) is 16.2. The highest BCUT2D eigenvalue weighted by molar-refractivity contribution is 5.85. The van der Waals surface area contributed by atoms with E-state index in [0.29, 0.717) is 19.4 Å². The zero-order valence-electron chi connectivity index (χ0n) is 11.9. The average Bonchev–Trinajstić information content (AvgIpc) is 2.40. The molecule has 2 N–H and O–H groups in total. The molecule has 1 aromatic carbocycles. The predicted octanol–water partition coefficient (Wildman–Crippen LogP) is 1.53. The summed E-state index contributed by atoms with van der Waals surface area (Å²) in [5.74, 6) is -1.29. The van der Waals surface area contributed by atoms with Gasteiger partial charge in [-0.2, -0.15) is 0 Å². The summed E-state index contributed by atoms with van der Waals surface area (Å²) in [6, 6.07) is 6.71. The number of methoxy groups -OCH3 is 1. The average molecular weight is 279 g/mol. The van der Waals surface area contributed by atoms with Crippen LogP contribution in [0.1, 0.15) is 24.0 Å². The molecule has 1 atom stereocenters. The second kappa shape index (κ2) is 8.32. The van der Waals surface area contributed by atoms with Gasteiger partial charge in [0.05, 0.1) is 6.42 Å². The van der Waals surface area contributed by atoms with E-state index >= 15 is 0 Å². The van der Waals surface area contributed by atoms with E-state index in [9.17, 15) is 9.59 Å². The SMILES string of the molecule is COCCCC(NC(=O)Cc1ccccc1C)C(=O)O. The van der Waals surface area contributed by atoms with Crippen LogP contribution in [-0.4, -0.2) is 36.7 Å². The molecule has 0 aliphatic rings. The van der Waals surface area contributed by atoms with Crippen LogP contribution in [0.15, 0.2) is 24.3 Å². The van der Waals surface area contributed by atoms with Crippen LogP contribution in [-0.2, 0) is 20.7 Å². The molecule has 5 heteroatoms. The smallest absolute Gasteiger partial charge is 0.326 e. The van der Waals surface area contributed by atoms with Crippen LogP contribution in [0.5, 0.6) is 0 Å². The van der Waals surface area contributed by atoms with E-state index in [1.165, 1.54) is 0 Å². The molecule has 20 heavy (non-hydrogen) atoms. The fourth-order valence-corrected chi connectivity index (χ4v) is 1.92. The fraction of sp³-hybridized carbons (Fsp3) is 0.467. The van der Waals surface area contributed by atoms with Gasteiger partial charge in [0.2, 0.25) is 5.91 Å². The van der Waals surface area contributed by atoms with Gasteiger partial charge in [0.25, 0.3) is 0 Å². The summed E-state index contributed by atoms with van der Waals surface area (Å²) in [6.45, 7) is 2.41. The lowest BCUT2D eigenvalue weighted by Gasteiger charge is -2.14. The molecule has 0 heterocycles. The summed E-state index contributed by atoms with van der Waals surface area (Å²) in [4.78, 5) is 23.0. The van der Waals surface area contributed by atoms with Gasteiger partial charge in [-0.15, -0.1) is 0 Å². The Morgan fingerprint density at radius 3 is 2.65 bits per heavy atom. The first-order valence-electron chi connectivity index (χ1n) is 6.60. The minimum atomic E-state index is -1.01. The molecule has 0 saturated heterocycles. The Kier molecular flexibility index (Phi) is 6.73. The third kappa shape index (κ3) is 5.40. The van der Waals surface area contributed by atoms with Gasteiger partial charge in [-0.3, -0.25) is 4.79 Å². The molecule has 0 aliphatic heterocycles. The lowest BCUT2D eigenvalue weighted by atomic mass is 10.1. The van der Waals surface area contributed by atoms with Crippen molar-refractivity contribution in [2.45, 2.75) is 32.2 Å². The summed E-state index contributed by atoms with van der Waals surface area (Å²) in [6.07, 6.45) is 1.15. The molecule has 0 aliphatic carbocycles. The lowest BCUT2D eigenvalue weighted by Crippen LogP contribution is -2.41. The summed E-state index contributed by atoms with van der Waals surface area (Å²) in [5, 5.41) is 11.6. The molecule has 1 rings (SSSR count). The van der Waals surface area contributed by atoms with Crippen LogP contribution in [0.4, 0.5) is 0 Å². The Labute approximate surface area is 118 Å². The van der Waals surface area contributed by atoms with E-state index in [4.69, 9.17) is 9.84 Å². The number of hydrogen-bond acceptors (Lipinski definition) is 3. The van der Waals surface area contributed by atoms with Gasteiger partial charge in [-0.05, 0) is 30.9 Å². The number of hydrogen-bond donors (Lipinski definition) is 2. The summed E-state index contributed by atoms with van der Waals surface area (Å²) in [7, 11) is 1.56. The van der Waals surface area contributed by atoms with Crippen molar-refractivity contribution in [3.8, 4) is 0 Å². The molecule has 0 bridgehead atoms. The molecular weight excluding hydrogens is 258 g/mol. The van der Waals surface area contributed by atoms with Gasteiger partial charge in [0.15, 0.2) is 0 Å². The molecule has 110 valence electrons. The highest BCUT2D eigenvalue weighted by atomic mass is 16.5. The van der Waals surface area contributed by atoms with Crippen molar-refractivity contribution in [1.29, 1.82) is 0 Å². The third-order valence-corrected chi connectivity index (χ3v) is 3.09. The van der Waals surface area contributed by atoms with Crippen molar-refractivity contribution in [2.24, 2.45) is 0 Å². The van der Waals surface area contributed by atoms with Crippen LogP contribution in [0, 0.1) is 6.92 Å². The number of ether oxygens (including phenoxy) is 1. The monoisotopic (exact) mass is 279 g/mol. The summed E-state index contributed by atoms with van der Waals surface area (Å²) in [5.41, 5.74) is 1.93. The van der Waals surface area contributed by atoms with Crippen molar-refractivity contribution < 1.29 is 19.4 Å². The van der Waals surface area contributed by atoms with Crippen LogP contribution < -0.4 is 5.32 Å². The lowest BCUT2D eigenvalue weighted by molar-refractivity contribution is -0.142. The number of aryl methyl sites for hydroxylation is 1. The second-order valence-electron chi connectivity index (χ2n) is 4.70. The van der Waals surface area contributed by atoms with Crippen molar-refractivity contribution in [3.63, 3.8) is 0 Å². The number of rotatable bonds is 8.